The molecular formula is C17H15F3O. The summed E-state index contributed by atoms with van der Waals surface area (Å²) in [5, 5.41) is 0. The smallest absolute Gasteiger partial charge is 0.299 e. The van der Waals surface area contributed by atoms with E-state index in [2.05, 4.69) is 0 Å². The standard InChI is InChI=1S/C17H15F3O/c18-17(19,20)15-9-6-14(7-10-15)12-16(21)11-8-13-4-2-1-3-5-13/h1-7,9-10H,8,11-12H2. The van der Waals surface area contributed by atoms with E-state index in [1.165, 1.54) is 12.1 Å². The van der Waals surface area contributed by atoms with Gasteiger partial charge >= 0.3 is 6.18 Å². The van der Waals surface area contributed by atoms with Crippen molar-refractivity contribution in [2.24, 2.45) is 0 Å². The number of carbonyl (C=O) groups excluding carboxylic acids is 1. The van der Waals surface area contributed by atoms with Crippen LogP contribution in [-0.2, 0) is 23.8 Å². The monoisotopic (exact) mass is 292 g/mol. The summed E-state index contributed by atoms with van der Waals surface area (Å²) in [4.78, 5) is 11.8. The van der Waals surface area contributed by atoms with E-state index in [4.69, 9.17) is 0 Å². The van der Waals surface area contributed by atoms with Crippen LogP contribution in [0.4, 0.5) is 13.2 Å². The summed E-state index contributed by atoms with van der Waals surface area (Å²) in [7, 11) is 0. The third kappa shape index (κ3) is 4.74. The summed E-state index contributed by atoms with van der Waals surface area (Å²) in [5.41, 5.74) is 1.00. The van der Waals surface area contributed by atoms with Crippen molar-refractivity contribution in [3.05, 3.63) is 71.3 Å². The molecule has 2 aromatic rings. The van der Waals surface area contributed by atoms with Crippen molar-refractivity contribution in [2.45, 2.75) is 25.4 Å². The Morgan fingerprint density at radius 2 is 1.48 bits per heavy atom. The number of ketones is 1. The molecule has 0 atom stereocenters. The van der Waals surface area contributed by atoms with Gasteiger partial charge in [-0.2, -0.15) is 13.2 Å². The second kappa shape index (κ2) is 6.57. The zero-order chi connectivity index (χ0) is 15.3. The Hall–Kier alpha value is -2.10. The summed E-state index contributed by atoms with van der Waals surface area (Å²) in [5.74, 6) is 0.0265. The second-order valence-electron chi connectivity index (χ2n) is 4.90. The Morgan fingerprint density at radius 3 is 2.05 bits per heavy atom. The van der Waals surface area contributed by atoms with Gasteiger partial charge in [0.2, 0.25) is 0 Å². The molecule has 0 aliphatic rings. The fraction of sp³-hybridized carbons (Fsp3) is 0.235. The van der Waals surface area contributed by atoms with Gasteiger partial charge in [-0.05, 0) is 29.7 Å². The number of aryl methyl sites for hydroxylation is 1. The van der Waals surface area contributed by atoms with Crippen LogP contribution in [0.25, 0.3) is 0 Å². The van der Waals surface area contributed by atoms with Crippen LogP contribution in [-0.4, -0.2) is 5.78 Å². The minimum absolute atomic E-state index is 0.0265. The zero-order valence-electron chi connectivity index (χ0n) is 11.4. The summed E-state index contributed by atoms with van der Waals surface area (Å²) in [6.45, 7) is 0. The maximum Gasteiger partial charge on any atom is 0.416 e. The van der Waals surface area contributed by atoms with Crippen molar-refractivity contribution < 1.29 is 18.0 Å². The van der Waals surface area contributed by atoms with Crippen LogP contribution < -0.4 is 0 Å². The van der Waals surface area contributed by atoms with Crippen molar-refractivity contribution in [3.63, 3.8) is 0 Å². The molecule has 0 saturated carbocycles. The SMILES string of the molecule is O=C(CCc1ccccc1)Cc1ccc(C(F)(F)F)cc1. The number of benzene rings is 2. The summed E-state index contributed by atoms with van der Waals surface area (Å²) in [6.07, 6.45) is -3.12. The number of rotatable bonds is 5. The molecule has 0 fully saturated rings. The first-order chi connectivity index (χ1) is 9.95. The van der Waals surface area contributed by atoms with Crippen LogP contribution in [0.3, 0.4) is 0 Å². The molecule has 0 bridgehead atoms. The molecule has 1 nitrogen and oxygen atoms in total. The molecule has 0 unspecified atom stereocenters. The third-order valence-corrected chi connectivity index (χ3v) is 3.22. The van der Waals surface area contributed by atoms with Crippen molar-refractivity contribution in [1.29, 1.82) is 0 Å². The Labute approximate surface area is 121 Å². The van der Waals surface area contributed by atoms with E-state index >= 15 is 0 Å². The number of halogens is 3. The number of carbonyl (C=O) groups is 1. The molecule has 0 saturated heterocycles. The lowest BCUT2D eigenvalue weighted by Crippen LogP contribution is -2.07. The molecule has 0 radical (unpaired) electrons. The lowest BCUT2D eigenvalue weighted by molar-refractivity contribution is -0.137. The highest BCUT2D eigenvalue weighted by Gasteiger charge is 2.29. The highest BCUT2D eigenvalue weighted by atomic mass is 19.4. The average Bonchev–Trinajstić information content (AvgIpc) is 2.46. The van der Waals surface area contributed by atoms with Gasteiger partial charge in [-0.3, -0.25) is 4.79 Å². The van der Waals surface area contributed by atoms with Gasteiger partial charge in [0, 0.05) is 12.8 Å². The highest BCUT2D eigenvalue weighted by molar-refractivity contribution is 5.81. The molecule has 0 heterocycles. The summed E-state index contributed by atoms with van der Waals surface area (Å²) >= 11 is 0. The van der Waals surface area contributed by atoms with Crippen LogP contribution in [0.5, 0.6) is 0 Å². The van der Waals surface area contributed by atoms with Crippen molar-refractivity contribution in [3.8, 4) is 0 Å². The fourth-order valence-electron chi connectivity index (χ4n) is 2.06. The average molecular weight is 292 g/mol. The second-order valence-corrected chi connectivity index (χ2v) is 4.90. The normalized spacial score (nSPS) is 11.4. The molecule has 4 heteroatoms. The maximum atomic E-state index is 12.4. The summed E-state index contributed by atoms with van der Waals surface area (Å²) in [6, 6.07) is 14.4. The molecule has 110 valence electrons. The first-order valence-electron chi connectivity index (χ1n) is 6.67. The van der Waals surface area contributed by atoms with E-state index in [0.717, 1.165) is 17.7 Å². The first-order valence-corrected chi connectivity index (χ1v) is 6.67. The topological polar surface area (TPSA) is 17.1 Å². The van der Waals surface area contributed by atoms with E-state index in [1.54, 1.807) is 0 Å². The van der Waals surface area contributed by atoms with Gasteiger partial charge in [0.25, 0.3) is 0 Å². The molecular weight excluding hydrogens is 277 g/mol. The predicted molar refractivity (Wildman–Crippen MR) is 74.9 cm³/mol. The third-order valence-electron chi connectivity index (χ3n) is 3.22. The van der Waals surface area contributed by atoms with Crippen LogP contribution in [0.15, 0.2) is 54.6 Å². The number of hydrogen-bond acceptors (Lipinski definition) is 1. The minimum atomic E-state index is -4.34. The molecule has 0 aliphatic carbocycles. The molecule has 21 heavy (non-hydrogen) atoms. The minimum Gasteiger partial charge on any atom is -0.299 e. The van der Waals surface area contributed by atoms with Gasteiger partial charge < -0.3 is 0 Å². The van der Waals surface area contributed by atoms with Crippen LogP contribution in [0, 0.1) is 0 Å². The predicted octanol–water partition coefficient (Wildman–Crippen LogP) is 4.45. The quantitative estimate of drug-likeness (QED) is 0.795. The van der Waals surface area contributed by atoms with E-state index in [1.807, 2.05) is 30.3 Å². The lowest BCUT2D eigenvalue weighted by atomic mass is 10.0. The Morgan fingerprint density at radius 1 is 0.857 bits per heavy atom. The van der Waals surface area contributed by atoms with Gasteiger partial charge in [0.1, 0.15) is 5.78 Å². The molecule has 2 rings (SSSR count). The van der Waals surface area contributed by atoms with Crippen LogP contribution in [0.1, 0.15) is 23.1 Å². The molecule has 0 amide bonds. The number of Topliss-reactive ketones (excluding diaryl/α,β-unsaturated/α-hetero) is 1. The van der Waals surface area contributed by atoms with Crippen molar-refractivity contribution in [2.75, 3.05) is 0 Å². The van der Waals surface area contributed by atoms with Gasteiger partial charge in [-0.25, -0.2) is 0 Å². The molecule has 2 aromatic carbocycles. The largest absolute Gasteiger partial charge is 0.416 e. The van der Waals surface area contributed by atoms with Crippen LogP contribution >= 0.6 is 0 Å². The molecule has 0 N–H and O–H groups in total. The first kappa shape index (κ1) is 15.3. The maximum absolute atomic E-state index is 12.4. The lowest BCUT2D eigenvalue weighted by Gasteiger charge is -2.07. The van der Waals surface area contributed by atoms with E-state index in [-0.39, 0.29) is 12.2 Å². The summed E-state index contributed by atoms with van der Waals surface area (Å²) < 4.78 is 37.3. The Kier molecular flexibility index (Phi) is 4.78. The molecule has 0 aromatic heterocycles. The van der Waals surface area contributed by atoms with Crippen LogP contribution in [0.2, 0.25) is 0 Å². The van der Waals surface area contributed by atoms with E-state index in [0.29, 0.717) is 18.4 Å². The number of hydrogen-bond donors (Lipinski definition) is 0. The van der Waals surface area contributed by atoms with E-state index < -0.39 is 11.7 Å². The van der Waals surface area contributed by atoms with Gasteiger partial charge in [-0.15, -0.1) is 0 Å². The van der Waals surface area contributed by atoms with E-state index in [9.17, 15) is 18.0 Å². The van der Waals surface area contributed by atoms with Crippen molar-refractivity contribution >= 4 is 5.78 Å². The number of alkyl halides is 3. The Balaban J connectivity index is 1.88. The molecule has 0 aliphatic heterocycles. The Bertz CT molecular complexity index is 586. The van der Waals surface area contributed by atoms with Gasteiger partial charge in [-0.1, -0.05) is 42.5 Å². The van der Waals surface area contributed by atoms with Gasteiger partial charge in [0.05, 0.1) is 5.56 Å². The van der Waals surface area contributed by atoms with Crippen molar-refractivity contribution in [1.82, 2.24) is 0 Å². The molecule has 0 spiro atoms. The zero-order valence-corrected chi connectivity index (χ0v) is 11.4. The highest BCUT2D eigenvalue weighted by Crippen LogP contribution is 2.29. The fourth-order valence-corrected chi connectivity index (χ4v) is 2.06. The van der Waals surface area contributed by atoms with Gasteiger partial charge in [0.15, 0.2) is 0 Å².